The Morgan fingerprint density at radius 1 is 1.14 bits per heavy atom. The molecule has 1 unspecified atom stereocenters. The molecule has 2 aromatic rings. The minimum atomic E-state index is -0.217. The smallest absolute Gasteiger partial charge is 0.253 e. The summed E-state index contributed by atoms with van der Waals surface area (Å²) in [4.78, 5) is 27.4. The molecule has 6 heteroatoms. The van der Waals surface area contributed by atoms with E-state index in [2.05, 4.69) is 15.5 Å². The zero-order valence-electron chi connectivity index (χ0n) is 16.8. The highest BCUT2D eigenvalue weighted by Gasteiger charge is 2.27. The summed E-state index contributed by atoms with van der Waals surface area (Å²) in [5.41, 5.74) is 1.64. The fraction of sp³-hybridized carbons (Fsp3) is 0.391. The molecule has 1 saturated heterocycles. The Balaban J connectivity index is 1.64. The molecule has 0 aromatic heterocycles. The van der Waals surface area contributed by atoms with Gasteiger partial charge in [0.15, 0.2) is 0 Å². The number of rotatable bonds is 7. The summed E-state index contributed by atoms with van der Waals surface area (Å²) in [5, 5.41) is 5.78. The number of para-hydroxylation sites is 1. The third-order valence-electron chi connectivity index (χ3n) is 5.19. The Morgan fingerprint density at radius 2 is 1.90 bits per heavy atom. The van der Waals surface area contributed by atoms with Crippen LogP contribution in [0.3, 0.4) is 0 Å². The number of anilines is 1. The normalized spacial score (nSPS) is 17.0. The van der Waals surface area contributed by atoms with Crippen LogP contribution in [0.5, 0.6) is 0 Å². The van der Waals surface area contributed by atoms with Gasteiger partial charge in [0, 0.05) is 25.2 Å². The molecule has 154 valence electrons. The van der Waals surface area contributed by atoms with Gasteiger partial charge in [-0.15, -0.1) is 0 Å². The molecule has 2 amide bonds. The van der Waals surface area contributed by atoms with Crippen LogP contribution in [0.1, 0.15) is 42.1 Å². The number of nitrogens with zero attached hydrogens (tertiary/aromatic N) is 1. The fourth-order valence-corrected chi connectivity index (χ4v) is 3.64. The van der Waals surface area contributed by atoms with Crippen molar-refractivity contribution in [2.75, 3.05) is 25.0 Å². The van der Waals surface area contributed by atoms with E-state index in [4.69, 9.17) is 0 Å². The zero-order chi connectivity index (χ0) is 20.6. The van der Waals surface area contributed by atoms with E-state index in [9.17, 15) is 14.0 Å². The molecule has 0 radical (unpaired) electrons. The molecule has 5 nitrogen and oxygen atoms in total. The lowest BCUT2D eigenvalue weighted by Crippen LogP contribution is -2.40. The molecule has 3 rings (SSSR count). The third-order valence-corrected chi connectivity index (χ3v) is 5.19. The van der Waals surface area contributed by atoms with Crippen LogP contribution >= 0.6 is 0 Å². The molecule has 0 spiro atoms. The molecule has 1 aliphatic rings. The number of piperidine rings is 1. The highest BCUT2D eigenvalue weighted by atomic mass is 19.1. The van der Waals surface area contributed by atoms with E-state index in [0.29, 0.717) is 36.4 Å². The third kappa shape index (κ3) is 5.64. The predicted molar refractivity (Wildman–Crippen MR) is 112 cm³/mol. The number of hydrogen-bond acceptors (Lipinski definition) is 3. The first-order chi connectivity index (χ1) is 14.1. The standard InChI is InChI=1S/C23H28FN3O2/c1-2-13-25-23(29)19-10-4-6-12-21(19)26-22(28)18-9-7-14-27(16-18)15-17-8-3-5-11-20(17)24/h3-6,8,10-12,18H,2,7,9,13-16H2,1H3,(H,25,29)(H,26,28). The van der Waals surface area contributed by atoms with Crippen molar-refractivity contribution in [1.29, 1.82) is 0 Å². The Bertz CT molecular complexity index is 856. The van der Waals surface area contributed by atoms with Gasteiger partial charge in [-0.05, 0) is 44.0 Å². The van der Waals surface area contributed by atoms with Crippen molar-refractivity contribution in [3.8, 4) is 0 Å². The minimum Gasteiger partial charge on any atom is -0.352 e. The number of nitrogens with one attached hydrogen (secondary N) is 2. The molecule has 1 atom stereocenters. The first-order valence-corrected chi connectivity index (χ1v) is 10.2. The molecule has 29 heavy (non-hydrogen) atoms. The lowest BCUT2D eigenvalue weighted by Gasteiger charge is -2.32. The monoisotopic (exact) mass is 397 g/mol. The average Bonchev–Trinajstić information content (AvgIpc) is 2.74. The Hall–Kier alpha value is -2.73. The SMILES string of the molecule is CCCNC(=O)c1ccccc1NC(=O)C1CCCN(Cc2ccccc2F)C1. The van der Waals surface area contributed by atoms with Gasteiger partial charge in [-0.1, -0.05) is 37.3 Å². The lowest BCUT2D eigenvalue weighted by molar-refractivity contribution is -0.121. The second-order valence-electron chi connectivity index (χ2n) is 7.46. The second kappa shape index (κ2) is 10.2. The second-order valence-corrected chi connectivity index (χ2v) is 7.46. The predicted octanol–water partition coefficient (Wildman–Crippen LogP) is 3.82. The highest BCUT2D eigenvalue weighted by molar-refractivity contribution is 6.04. The van der Waals surface area contributed by atoms with Crippen LogP contribution in [-0.4, -0.2) is 36.3 Å². The van der Waals surface area contributed by atoms with Crippen LogP contribution in [0, 0.1) is 11.7 Å². The number of hydrogen-bond donors (Lipinski definition) is 2. The molecule has 0 bridgehead atoms. The topological polar surface area (TPSA) is 61.4 Å². The van der Waals surface area contributed by atoms with Gasteiger partial charge in [-0.3, -0.25) is 14.5 Å². The summed E-state index contributed by atoms with van der Waals surface area (Å²) >= 11 is 0. The molecule has 1 heterocycles. The van der Waals surface area contributed by atoms with E-state index in [-0.39, 0.29) is 23.5 Å². The lowest BCUT2D eigenvalue weighted by atomic mass is 9.96. The molecule has 2 aromatic carbocycles. The number of amides is 2. The first-order valence-electron chi connectivity index (χ1n) is 10.2. The van der Waals surface area contributed by atoms with Gasteiger partial charge >= 0.3 is 0 Å². The maximum atomic E-state index is 14.0. The Kier molecular flexibility index (Phi) is 7.36. The van der Waals surface area contributed by atoms with E-state index in [1.807, 2.05) is 13.0 Å². The van der Waals surface area contributed by atoms with E-state index in [1.165, 1.54) is 6.07 Å². The number of carbonyl (C=O) groups excluding carboxylic acids is 2. The largest absolute Gasteiger partial charge is 0.352 e. The molecule has 0 saturated carbocycles. The van der Waals surface area contributed by atoms with Crippen LogP contribution in [0.25, 0.3) is 0 Å². The summed E-state index contributed by atoms with van der Waals surface area (Å²) in [6.45, 7) is 4.49. The van der Waals surface area contributed by atoms with Gasteiger partial charge in [0.25, 0.3) is 5.91 Å². The quantitative estimate of drug-likeness (QED) is 0.747. The van der Waals surface area contributed by atoms with Crippen LogP contribution in [-0.2, 0) is 11.3 Å². The minimum absolute atomic E-state index is 0.0982. The van der Waals surface area contributed by atoms with Crippen molar-refractivity contribution in [3.05, 3.63) is 65.5 Å². The van der Waals surface area contributed by atoms with E-state index in [0.717, 1.165) is 25.8 Å². The number of benzene rings is 2. The fourth-order valence-electron chi connectivity index (χ4n) is 3.64. The molecular weight excluding hydrogens is 369 g/mol. The average molecular weight is 397 g/mol. The van der Waals surface area contributed by atoms with Gasteiger partial charge in [-0.2, -0.15) is 0 Å². The van der Waals surface area contributed by atoms with Crippen molar-refractivity contribution in [3.63, 3.8) is 0 Å². The van der Waals surface area contributed by atoms with Gasteiger partial charge in [0.1, 0.15) is 5.82 Å². The van der Waals surface area contributed by atoms with Gasteiger partial charge in [0.05, 0.1) is 17.2 Å². The van der Waals surface area contributed by atoms with Crippen molar-refractivity contribution in [2.24, 2.45) is 5.92 Å². The molecule has 2 N–H and O–H groups in total. The van der Waals surface area contributed by atoms with Crippen molar-refractivity contribution in [2.45, 2.75) is 32.7 Å². The Morgan fingerprint density at radius 3 is 2.69 bits per heavy atom. The van der Waals surface area contributed by atoms with Crippen LogP contribution in [0.15, 0.2) is 48.5 Å². The van der Waals surface area contributed by atoms with Crippen molar-refractivity contribution < 1.29 is 14.0 Å². The van der Waals surface area contributed by atoms with E-state index in [1.54, 1.807) is 36.4 Å². The molecule has 1 aliphatic heterocycles. The maximum Gasteiger partial charge on any atom is 0.253 e. The number of halogens is 1. The molecule has 1 fully saturated rings. The summed E-state index contributed by atoms with van der Waals surface area (Å²) in [5.74, 6) is -0.695. The van der Waals surface area contributed by atoms with E-state index >= 15 is 0 Å². The Labute approximate surface area is 171 Å². The van der Waals surface area contributed by atoms with Crippen molar-refractivity contribution >= 4 is 17.5 Å². The van der Waals surface area contributed by atoms with Gasteiger partial charge in [0.2, 0.25) is 5.91 Å². The van der Waals surface area contributed by atoms with Crippen LogP contribution in [0.2, 0.25) is 0 Å². The summed E-state index contributed by atoms with van der Waals surface area (Å²) in [6, 6.07) is 13.8. The van der Waals surface area contributed by atoms with Crippen LogP contribution < -0.4 is 10.6 Å². The number of carbonyl (C=O) groups is 2. The van der Waals surface area contributed by atoms with Gasteiger partial charge < -0.3 is 10.6 Å². The summed E-state index contributed by atoms with van der Waals surface area (Å²) in [6.07, 6.45) is 2.51. The first kappa shape index (κ1) is 21.0. The summed E-state index contributed by atoms with van der Waals surface area (Å²) in [7, 11) is 0. The van der Waals surface area contributed by atoms with Crippen molar-refractivity contribution in [1.82, 2.24) is 10.2 Å². The molecule has 0 aliphatic carbocycles. The maximum absolute atomic E-state index is 14.0. The number of likely N-dealkylation sites (tertiary alicyclic amines) is 1. The van der Waals surface area contributed by atoms with Crippen LogP contribution in [0.4, 0.5) is 10.1 Å². The highest BCUT2D eigenvalue weighted by Crippen LogP contribution is 2.22. The van der Waals surface area contributed by atoms with Gasteiger partial charge in [-0.25, -0.2) is 4.39 Å². The summed E-state index contributed by atoms with van der Waals surface area (Å²) < 4.78 is 14.0. The van der Waals surface area contributed by atoms with E-state index < -0.39 is 0 Å². The molecular formula is C23H28FN3O2. The zero-order valence-corrected chi connectivity index (χ0v) is 16.8.